The number of hydrogen-bond donors (Lipinski definition) is 1. The van der Waals surface area contributed by atoms with E-state index in [0.717, 1.165) is 22.9 Å². The van der Waals surface area contributed by atoms with Gasteiger partial charge in [0.2, 0.25) is 5.43 Å². The summed E-state index contributed by atoms with van der Waals surface area (Å²) in [6.45, 7) is 1.47. The van der Waals surface area contributed by atoms with E-state index in [1.165, 1.54) is 19.1 Å². The van der Waals surface area contributed by atoms with Gasteiger partial charge in [0.25, 0.3) is 5.91 Å². The minimum atomic E-state index is -4.56. The van der Waals surface area contributed by atoms with Gasteiger partial charge in [-0.05, 0) is 31.5 Å². The molecule has 0 radical (unpaired) electrons. The van der Waals surface area contributed by atoms with E-state index in [1.54, 1.807) is 0 Å². The highest BCUT2D eigenvalue weighted by molar-refractivity contribution is 7.91. The van der Waals surface area contributed by atoms with Crippen LogP contribution in [0.15, 0.2) is 35.1 Å². The average Bonchev–Trinajstić information content (AvgIpc) is 2.92. The number of carbonyl (C=O) groups excluding carboxylic acids is 1. The van der Waals surface area contributed by atoms with Crippen LogP contribution in [0, 0.1) is 6.92 Å². The molecule has 1 aromatic heterocycles. The number of nitrogens with zero attached hydrogens (tertiary/aromatic N) is 2. The molecule has 7 nitrogen and oxygen atoms in total. The second-order valence-corrected chi connectivity index (χ2v) is 8.76. The SMILES string of the molecule is Cc1cc(=O)c(C(=O)NC2CCS(=O)(=O)C2)nn1-c1cccc(C(F)(F)F)c1. The molecule has 1 N–H and O–H groups in total. The maximum Gasteiger partial charge on any atom is 0.416 e. The van der Waals surface area contributed by atoms with Crippen LogP contribution < -0.4 is 10.7 Å². The van der Waals surface area contributed by atoms with Crippen molar-refractivity contribution in [3.63, 3.8) is 0 Å². The van der Waals surface area contributed by atoms with Crippen LogP contribution in [0.25, 0.3) is 5.69 Å². The first-order valence-corrected chi connectivity index (χ1v) is 10.1. The van der Waals surface area contributed by atoms with Gasteiger partial charge in [-0.1, -0.05) is 6.07 Å². The highest BCUT2D eigenvalue weighted by Gasteiger charge is 2.31. The van der Waals surface area contributed by atoms with Crippen LogP contribution in [-0.4, -0.2) is 41.7 Å². The monoisotopic (exact) mass is 415 g/mol. The Morgan fingerprint density at radius 1 is 1.29 bits per heavy atom. The normalized spacial score (nSPS) is 18.8. The summed E-state index contributed by atoms with van der Waals surface area (Å²) < 4.78 is 62.9. The number of carbonyl (C=O) groups is 1. The third kappa shape index (κ3) is 4.24. The molecule has 1 amide bonds. The number of hydrogen-bond acceptors (Lipinski definition) is 5. The highest BCUT2D eigenvalue weighted by atomic mass is 32.2. The summed E-state index contributed by atoms with van der Waals surface area (Å²) >= 11 is 0. The standard InChI is InChI=1S/C17H16F3N3O4S/c1-10-7-14(24)15(16(25)21-12-5-6-28(26,27)9-12)22-23(10)13-4-2-3-11(8-13)17(18,19)20/h2-4,7-8,12H,5-6,9H2,1H3,(H,21,25). The van der Waals surface area contributed by atoms with Gasteiger partial charge in [0.1, 0.15) is 0 Å². The lowest BCUT2D eigenvalue weighted by Crippen LogP contribution is -2.39. The van der Waals surface area contributed by atoms with Gasteiger partial charge in [-0.2, -0.15) is 18.3 Å². The number of benzene rings is 1. The van der Waals surface area contributed by atoms with Crippen molar-refractivity contribution in [3.8, 4) is 5.69 Å². The summed E-state index contributed by atoms with van der Waals surface area (Å²) in [4.78, 5) is 24.5. The van der Waals surface area contributed by atoms with Crippen molar-refractivity contribution in [2.45, 2.75) is 25.6 Å². The van der Waals surface area contributed by atoms with E-state index in [4.69, 9.17) is 0 Å². The predicted octanol–water partition coefficient (Wildman–Crippen LogP) is 1.48. The lowest BCUT2D eigenvalue weighted by atomic mass is 10.2. The molecule has 2 heterocycles. The van der Waals surface area contributed by atoms with Crippen molar-refractivity contribution in [2.24, 2.45) is 0 Å². The maximum absolute atomic E-state index is 13.0. The molecule has 1 fully saturated rings. The molecule has 11 heteroatoms. The van der Waals surface area contributed by atoms with Gasteiger partial charge in [-0.3, -0.25) is 9.59 Å². The second kappa shape index (κ2) is 7.04. The fourth-order valence-corrected chi connectivity index (χ4v) is 4.62. The first-order chi connectivity index (χ1) is 13.0. The summed E-state index contributed by atoms with van der Waals surface area (Å²) in [6.07, 6.45) is -4.33. The van der Waals surface area contributed by atoms with Gasteiger partial charge in [-0.25, -0.2) is 13.1 Å². The van der Waals surface area contributed by atoms with E-state index < -0.39 is 44.6 Å². The first-order valence-electron chi connectivity index (χ1n) is 8.26. The van der Waals surface area contributed by atoms with Gasteiger partial charge in [0.05, 0.1) is 22.8 Å². The molecule has 28 heavy (non-hydrogen) atoms. The number of alkyl halides is 3. The van der Waals surface area contributed by atoms with Crippen molar-refractivity contribution in [1.29, 1.82) is 0 Å². The molecule has 1 aliphatic heterocycles. The van der Waals surface area contributed by atoms with Crippen LogP contribution in [0.3, 0.4) is 0 Å². The summed E-state index contributed by atoms with van der Waals surface area (Å²) in [6, 6.07) is 4.77. The Morgan fingerprint density at radius 2 is 2.00 bits per heavy atom. The van der Waals surface area contributed by atoms with Gasteiger partial charge in [-0.15, -0.1) is 0 Å². The van der Waals surface area contributed by atoms with E-state index in [0.29, 0.717) is 0 Å². The van der Waals surface area contributed by atoms with Crippen molar-refractivity contribution in [2.75, 3.05) is 11.5 Å². The molecule has 1 unspecified atom stereocenters. The van der Waals surface area contributed by atoms with E-state index >= 15 is 0 Å². The smallest absolute Gasteiger partial charge is 0.347 e. The average molecular weight is 415 g/mol. The van der Waals surface area contributed by atoms with Crippen LogP contribution in [0.1, 0.15) is 28.2 Å². The highest BCUT2D eigenvalue weighted by Crippen LogP contribution is 2.30. The molecular formula is C17H16F3N3O4S. The molecule has 150 valence electrons. The molecule has 0 saturated carbocycles. The molecule has 0 aliphatic carbocycles. The van der Waals surface area contributed by atoms with Crippen molar-refractivity contribution in [1.82, 2.24) is 15.1 Å². The summed E-state index contributed by atoms with van der Waals surface area (Å²) in [7, 11) is -3.24. The van der Waals surface area contributed by atoms with Crippen molar-refractivity contribution < 1.29 is 26.4 Å². The van der Waals surface area contributed by atoms with Crippen molar-refractivity contribution in [3.05, 3.63) is 57.5 Å². The Kier molecular flexibility index (Phi) is 5.04. The zero-order valence-corrected chi connectivity index (χ0v) is 15.5. The third-order valence-corrected chi connectivity index (χ3v) is 6.08. The van der Waals surface area contributed by atoms with Gasteiger partial charge in [0, 0.05) is 17.8 Å². The molecule has 1 saturated heterocycles. The van der Waals surface area contributed by atoms with Crippen LogP contribution in [0.2, 0.25) is 0 Å². The molecular weight excluding hydrogens is 399 g/mol. The van der Waals surface area contributed by atoms with Crippen LogP contribution in [0.5, 0.6) is 0 Å². The largest absolute Gasteiger partial charge is 0.416 e. The Morgan fingerprint density at radius 3 is 2.61 bits per heavy atom. The quantitative estimate of drug-likeness (QED) is 0.819. The van der Waals surface area contributed by atoms with Crippen LogP contribution >= 0.6 is 0 Å². The molecule has 1 aromatic carbocycles. The Balaban J connectivity index is 1.95. The number of sulfone groups is 1. The number of aromatic nitrogens is 2. The lowest BCUT2D eigenvalue weighted by Gasteiger charge is -2.14. The molecule has 1 aliphatic rings. The Labute approximate surface area is 158 Å². The number of aryl methyl sites for hydroxylation is 1. The minimum absolute atomic E-state index is 0.0322. The summed E-state index contributed by atoms with van der Waals surface area (Å²) in [5, 5.41) is 6.37. The van der Waals surface area contributed by atoms with Crippen LogP contribution in [-0.2, 0) is 16.0 Å². The van der Waals surface area contributed by atoms with Crippen LogP contribution in [0.4, 0.5) is 13.2 Å². The zero-order valence-electron chi connectivity index (χ0n) is 14.7. The van der Waals surface area contributed by atoms with E-state index in [1.807, 2.05) is 0 Å². The number of amides is 1. The maximum atomic E-state index is 13.0. The fourth-order valence-electron chi connectivity index (χ4n) is 2.94. The zero-order chi connectivity index (χ0) is 20.7. The second-order valence-electron chi connectivity index (χ2n) is 6.53. The summed E-state index contributed by atoms with van der Waals surface area (Å²) in [5.41, 5.74) is -1.85. The Hall–Kier alpha value is -2.69. The predicted molar refractivity (Wildman–Crippen MR) is 94.1 cm³/mol. The third-order valence-electron chi connectivity index (χ3n) is 4.31. The molecule has 0 spiro atoms. The fraction of sp³-hybridized carbons (Fsp3) is 0.353. The van der Waals surface area contributed by atoms with Gasteiger partial charge >= 0.3 is 6.18 Å². The summed E-state index contributed by atoms with van der Waals surface area (Å²) in [5.74, 6) is -1.16. The molecule has 2 aromatic rings. The molecule has 0 bridgehead atoms. The van der Waals surface area contributed by atoms with E-state index in [-0.39, 0.29) is 29.3 Å². The minimum Gasteiger partial charge on any atom is -0.347 e. The topological polar surface area (TPSA) is 98.1 Å². The van der Waals surface area contributed by atoms with E-state index in [2.05, 4.69) is 10.4 Å². The molecule has 1 atom stereocenters. The number of nitrogens with one attached hydrogen (secondary N) is 1. The van der Waals surface area contributed by atoms with Gasteiger partial charge < -0.3 is 5.32 Å². The van der Waals surface area contributed by atoms with E-state index in [9.17, 15) is 31.2 Å². The first kappa shape index (κ1) is 20.1. The lowest BCUT2D eigenvalue weighted by molar-refractivity contribution is -0.137. The number of rotatable bonds is 3. The number of halogens is 3. The van der Waals surface area contributed by atoms with Gasteiger partial charge in [0.15, 0.2) is 15.5 Å². The molecule has 3 rings (SSSR count). The van der Waals surface area contributed by atoms with Crippen molar-refractivity contribution >= 4 is 15.7 Å². The Bertz CT molecular complexity index is 1090.